The lowest BCUT2D eigenvalue weighted by Gasteiger charge is -2.05. The van der Waals surface area contributed by atoms with Crippen LogP contribution in [-0.4, -0.2) is 23.5 Å². The van der Waals surface area contributed by atoms with E-state index in [2.05, 4.69) is 12.2 Å². The molecule has 2 N–H and O–H groups in total. The van der Waals surface area contributed by atoms with Crippen molar-refractivity contribution in [2.45, 2.75) is 19.8 Å². The maximum absolute atomic E-state index is 11.6. The Kier molecular flexibility index (Phi) is 3.65. The van der Waals surface area contributed by atoms with Gasteiger partial charge in [0.15, 0.2) is 0 Å². The van der Waals surface area contributed by atoms with E-state index in [9.17, 15) is 9.59 Å². The largest absolute Gasteiger partial charge is 0.478 e. The highest BCUT2D eigenvalue weighted by molar-refractivity contribution is 5.87. The molecule has 0 unspecified atom stereocenters. The molecule has 2 atom stereocenters. The average Bonchev–Trinajstić information content (AvgIpc) is 3.07. The van der Waals surface area contributed by atoms with Crippen LogP contribution in [0.1, 0.15) is 29.3 Å². The molecule has 0 spiro atoms. The van der Waals surface area contributed by atoms with E-state index in [4.69, 9.17) is 5.11 Å². The summed E-state index contributed by atoms with van der Waals surface area (Å²) in [6.07, 6.45) is 1.65. The normalized spacial score (nSPS) is 21.4. The summed E-state index contributed by atoms with van der Waals surface area (Å²) >= 11 is 0. The minimum absolute atomic E-state index is 0.122. The highest BCUT2D eigenvalue weighted by Gasteiger charge is 2.38. The summed E-state index contributed by atoms with van der Waals surface area (Å²) in [6, 6.07) is 6.81. The molecule has 1 amide bonds. The fourth-order valence-electron chi connectivity index (χ4n) is 2.01. The number of benzene rings is 1. The van der Waals surface area contributed by atoms with Gasteiger partial charge in [0.05, 0.1) is 5.56 Å². The molecule has 18 heavy (non-hydrogen) atoms. The van der Waals surface area contributed by atoms with E-state index in [0.717, 1.165) is 12.0 Å². The van der Waals surface area contributed by atoms with Gasteiger partial charge in [0, 0.05) is 12.5 Å². The van der Waals surface area contributed by atoms with Crippen LogP contribution in [0, 0.1) is 11.8 Å². The number of nitrogens with one attached hydrogen (secondary N) is 1. The molecule has 1 aliphatic rings. The fraction of sp³-hybridized carbons (Fsp3) is 0.429. The van der Waals surface area contributed by atoms with Gasteiger partial charge in [-0.3, -0.25) is 4.79 Å². The van der Waals surface area contributed by atoms with Gasteiger partial charge >= 0.3 is 5.97 Å². The van der Waals surface area contributed by atoms with Gasteiger partial charge in [-0.05, 0) is 36.5 Å². The average molecular weight is 247 g/mol. The Balaban J connectivity index is 1.81. The molecule has 1 aromatic rings. The number of carbonyl (C=O) groups is 2. The standard InChI is InChI=1S/C14H17NO3/c1-9-7-12(9)13(16)15-6-5-10-3-2-4-11(8-10)14(17)18/h2-4,8-9,12H,5-7H2,1H3,(H,15,16)(H,17,18)/t9-,12-/m0/s1. The Hall–Kier alpha value is -1.84. The first-order valence-electron chi connectivity index (χ1n) is 6.18. The number of amides is 1. The summed E-state index contributed by atoms with van der Waals surface area (Å²) in [5.74, 6) is -0.0970. The second-order valence-electron chi connectivity index (χ2n) is 4.87. The summed E-state index contributed by atoms with van der Waals surface area (Å²) < 4.78 is 0. The first kappa shape index (κ1) is 12.6. The van der Waals surface area contributed by atoms with E-state index in [1.165, 1.54) is 0 Å². The Labute approximate surface area is 106 Å². The SMILES string of the molecule is C[C@H]1C[C@@H]1C(=O)NCCc1cccc(C(=O)O)c1. The molecule has 0 saturated heterocycles. The molecule has 0 heterocycles. The van der Waals surface area contributed by atoms with Crippen molar-refractivity contribution in [1.82, 2.24) is 5.32 Å². The third-order valence-electron chi connectivity index (χ3n) is 3.33. The third kappa shape index (κ3) is 3.09. The second kappa shape index (κ2) is 5.21. The molecule has 2 rings (SSSR count). The minimum atomic E-state index is -0.923. The number of carboxylic acids is 1. The van der Waals surface area contributed by atoms with Crippen LogP contribution in [0.25, 0.3) is 0 Å². The molecule has 1 aliphatic carbocycles. The minimum Gasteiger partial charge on any atom is -0.478 e. The topological polar surface area (TPSA) is 66.4 Å². The highest BCUT2D eigenvalue weighted by Crippen LogP contribution is 2.37. The summed E-state index contributed by atoms with van der Waals surface area (Å²) in [6.45, 7) is 2.63. The van der Waals surface area contributed by atoms with Crippen LogP contribution in [0.15, 0.2) is 24.3 Å². The van der Waals surface area contributed by atoms with Gasteiger partial charge in [0.1, 0.15) is 0 Å². The summed E-state index contributed by atoms with van der Waals surface area (Å²) in [7, 11) is 0. The van der Waals surface area contributed by atoms with Gasteiger partial charge in [-0.15, -0.1) is 0 Å². The first-order valence-corrected chi connectivity index (χ1v) is 6.18. The maximum Gasteiger partial charge on any atom is 0.335 e. The molecular weight excluding hydrogens is 230 g/mol. The van der Waals surface area contributed by atoms with Crippen molar-refractivity contribution in [1.29, 1.82) is 0 Å². The van der Waals surface area contributed by atoms with E-state index in [1.807, 2.05) is 6.07 Å². The van der Waals surface area contributed by atoms with Crippen molar-refractivity contribution in [3.8, 4) is 0 Å². The van der Waals surface area contributed by atoms with E-state index in [-0.39, 0.29) is 17.4 Å². The number of carbonyl (C=O) groups excluding carboxylic acids is 1. The molecule has 1 saturated carbocycles. The second-order valence-corrected chi connectivity index (χ2v) is 4.87. The lowest BCUT2D eigenvalue weighted by atomic mass is 10.1. The number of hydrogen-bond donors (Lipinski definition) is 2. The van der Waals surface area contributed by atoms with Gasteiger partial charge in [0.25, 0.3) is 0 Å². The van der Waals surface area contributed by atoms with Crippen molar-refractivity contribution in [2.24, 2.45) is 11.8 Å². The van der Waals surface area contributed by atoms with Crippen LogP contribution in [0.2, 0.25) is 0 Å². The van der Waals surface area contributed by atoms with Gasteiger partial charge in [-0.25, -0.2) is 4.79 Å². The van der Waals surface area contributed by atoms with Crippen molar-refractivity contribution in [2.75, 3.05) is 6.54 Å². The van der Waals surface area contributed by atoms with E-state index in [1.54, 1.807) is 18.2 Å². The zero-order valence-corrected chi connectivity index (χ0v) is 10.3. The van der Waals surface area contributed by atoms with Crippen LogP contribution in [0.5, 0.6) is 0 Å². The molecule has 0 bridgehead atoms. The zero-order valence-electron chi connectivity index (χ0n) is 10.3. The fourth-order valence-corrected chi connectivity index (χ4v) is 2.01. The molecule has 1 fully saturated rings. The monoisotopic (exact) mass is 247 g/mol. The predicted octanol–water partition coefficient (Wildman–Crippen LogP) is 1.70. The molecule has 96 valence electrons. The lowest BCUT2D eigenvalue weighted by Crippen LogP contribution is -2.27. The Morgan fingerprint density at radius 2 is 2.17 bits per heavy atom. The summed E-state index contributed by atoms with van der Waals surface area (Å²) in [5.41, 5.74) is 1.22. The molecular formula is C14H17NO3. The van der Waals surface area contributed by atoms with Crippen molar-refractivity contribution < 1.29 is 14.7 Å². The smallest absolute Gasteiger partial charge is 0.335 e. The van der Waals surface area contributed by atoms with Crippen LogP contribution >= 0.6 is 0 Å². The summed E-state index contributed by atoms with van der Waals surface area (Å²) in [4.78, 5) is 22.4. The molecule has 4 heteroatoms. The number of carboxylic acid groups (broad SMARTS) is 1. The van der Waals surface area contributed by atoms with Crippen molar-refractivity contribution in [3.05, 3.63) is 35.4 Å². The molecule has 1 aromatic carbocycles. The van der Waals surface area contributed by atoms with E-state index in [0.29, 0.717) is 18.9 Å². The first-order chi connectivity index (χ1) is 8.58. The zero-order chi connectivity index (χ0) is 13.1. The number of aromatic carboxylic acids is 1. The van der Waals surface area contributed by atoms with Gasteiger partial charge < -0.3 is 10.4 Å². The van der Waals surface area contributed by atoms with Gasteiger partial charge in [0.2, 0.25) is 5.91 Å². The molecule has 0 aliphatic heterocycles. The van der Waals surface area contributed by atoms with E-state index >= 15 is 0 Å². The number of hydrogen-bond acceptors (Lipinski definition) is 2. The van der Waals surface area contributed by atoms with Gasteiger partial charge in [-0.2, -0.15) is 0 Å². The van der Waals surface area contributed by atoms with Crippen LogP contribution < -0.4 is 5.32 Å². The molecule has 4 nitrogen and oxygen atoms in total. The third-order valence-corrected chi connectivity index (χ3v) is 3.33. The lowest BCUT2D eigenvalue weighted by molar-refractivity contribution is -0.122. The van der Waals surface area contributed by atoms with Gasteiger partial charge in [-0.1, -0.05) is 19.1 Å². The summed E-state index contributed by atoms with van der Waals surface area (Å²) in [5, 5.41) is 11.7. The van der Waals surface area contributed by atoms with Crippen LogP contribution in [0.4, 0.5) is 0 Å². The van der Waals surface area contributed by atoms with Crippen LogP contribution in [0.3, 0.4) is 0 Å². The maximum atomic E-state index is 11.6. The van der Waals surface area contributed by atoms with E-state index < -0.39 is 5.97 Å². The predicted molar refractivity (Wildman–Crippen MR) is 67.4 cm³/mol. The number of rotatable bonds is 5. The quantitative estimate of drug-likeness (QED) is 0.832. The van der Waals surface area contributed by atoms with Crippen molar-refractivity contribution in [3.63, 3.8) is 0 Å². The molecule has 0 radical (unpaired) electrons. The highest BCUT2D eigenvalue weighted by atomic mass is 16.4. The molecule has 0 aromatic heterocycles. The van der Waals surface area contributed by atoms with Crippen molar-refractivity contribution >= 4 is 11.9 Å². The van der Waals surface area contributed by atoms with Crippen LogP contribution in [-0.2, 0) is 11.2 Å². The Morgan fingerprint density at radius 1 is 1.44 bits per heavy atom. The Morgan fingerprint density at radius 3 is 2.78 bits per heavy atom. The Bertz CT molecular complexity index is 470.